The van der Waals surface area contributed by atoms with Crippen molar-refractivity contribution in [3.63, 3.8) is 0 Å². The minimum absolute atomic E-state index is 0.624. The molecule has 0 amide bonds. The Balaban J connectivity index is 1.69. The summed E-state index contributed by atoms with van der Waals surface area (Å²) in [6.07, 6.45) is 5.93. The fraction of sp³-hybridized carbons (Fsp3) is 0.667. The van der Waals surface area contributed by atoms with E-state index in [0.29, 0.717) is 6.04 Å². The highest BCUT2D eigenvalue weighted by Gasteiger charge is 2.27. The van der Waals surface area contributed by atoms with E-state index in [-0.39, 0.29) is 0 Å². The molecule has 18 heavy (non-hydrogen) atoms. The van der Waals surface area contributed by atoms with Gasteiger partial charge in [-0.2, -0.15) is 0 Å². The van der Waals surface area contributed by atoms with Gasteiger partial charge in [0.05, 0.1) is 0 Å². The Morgan fingerprint density at radius 1 is 1.39 bits per heavy atom. The molecule has 3 rings (SSSR count). The highest BCUT2D eigenvalue weighted by Crippen LogP contribution is 2.27. The van der Waals surface area contributed by atoms with Gasteiger partial charge in [-0.05, 0) is 49.8 Å². The zero-order chi connectivity index (χ0) is 12.5. The maximum atomic E-state index is 4.55. The van der Waals surface area contributed by atoms with Crippen LogP contribution in [0.4, 0.5) is 5.82 Å². The van der Waals surface area contributed by atoms with Crippen molar-refractivity contribution in [2.24, 2.45) is 5.92 Å². The fourth-order valence-electron chi connectivity index (χ4n) is 2.90. The van der Waals surface area contributed by atoms with Gasteiger partial charge in [-0.3, -0.25) is 0 Å². The van der Waals surface area contributed by atoms with Gasteiger partial charge in [0, 0.05) is 31.4 Å². The molecule has 1 saturated carbocycles. The summed E-state index contributed by atoms with van der Waals surface area (Å²) in [5.74, 6) is 1.94. The minimum Gasteiger partial charge on any atom is -0.354 e. The molecule has 0 spiro atoms. The molecular formula is C15H23N3. The monoisotopic (exact) mass is 245 g/mol. The zero-order valence-corrected chi connectivity index (χ0v) is 11.4. The van der Waals surface area contributed by atoms with Crippen molar-refractivity contribution in [3.05, 3.63) is 23.9 Å². The highest BCUT2D eigenvalue weighted by atomic mass is 15.2. The Morgan fingerprint density at radius 2 is 2.22 bits per heavy atom. The van der Waals surface area contributed by atoms with Crippen molar-refractivity contribution < 1.29 is 0 Å². The number of aromatic nitrogens is 1. The molecule has 98 valence electrons. The summed E-state index contributed by atoms with van der Waals surface area (Å²) in [6, 6.07) is 5.78. The maximum Gasteiger partial charge on any atom is 0.129 e. The number of anilines is 1. The second-order valence-corrected chi connectivity index (χ2v) is 6.02. The molecule has 1 N–H and O–H groups in total. The van der Waals surface area contributed by atoms with Gasteiger partial charge in [-0.15, -0.1) is 0 Å². The third kappa shape index (κ3) is 2.66. The molecule has 1 saturated heterocycles. The lowest BCUT2D eigenvalue weighted by atomic mass is 10.1. The van der Waals surface area contributed by atoms with Gasteiger partial charge in [0.25, 0.3) is 0 Å². The van der Waals surface area contributed by atoms with Crippen LogP contribution < -0.4 is 10.2 Å². The van der Waals surface area contributed by atoms with E-state index in [0.717, 1.165) is 30.9 Å². The number of rotatable bonds is 4. The first-order valence-corrected chi connectivity index (χ1v) is 7.17. The van der Waals surface area contributed by atoms with E-state index in [9.17, 15) is 0 Å². The summed E-state index contributed by atoms with van der Waals surface area (Å²) >= 11 is 0. The number of pyridine rings is 1. The van der Waals surface area contributed by atoms with Crippen LogP contribution in [0.3, 0.4) is 0 Å². The largest absolute Gasteiger partial charge is 0.354 e. The Kier molecular flexibility index (Phi) is 3.25. The molecule has 3 nitrogen and oxygen atoms in total. The van der Waals surface area contributed by atoms with Crippen LogP contribution in [0.1, 0.15) is 38.7 Å². The first kappa shape index (κ1) is 12.0. The van der Waals surface area contributed by atoms with Crippen LogP contribution in [-0.2, 0) is 6.54 Å². The van der Waals surface area contributed by atoms with Gasteiger partial charge in [0.2, 0.25) is 0 Å². The van der Waals surface area contributed by atoms with Gasteiger partial charge in [-0.25, -0.2) is 4.98 Å². The van der Waals surface area contributed by atoms with Gasteiger partial charge >= 0.3 is 0 Å². The van der Waals surface area contributed by atoms with Crippen molar-refractivity contribution in [2.45, 2.75) is 51.7 Å². The molecule has 2 unspecified atom stereocenters. The topological polar surface area (TPSA) is 28.2 Å². The summed E-state index contributed by atoms with van der Waals surface area (Å²) in [5.41, 5.74) is 1.36. The van der Waals surface area contributed by atoms with E-state index in [1.54, 1.807) is 0 Å². The molecule has 0 bridgehead atoms. The minimum atomic E-state index is 0.624. The van der Waals surface area contributed by atoms with Gasteiger partial charge in [0.1, 0.15) is 5.82 Å². The van der Waals surface area contributed by atoms with Gasteiger partial charge in [-0.1, -0.05) is 6.92 Å². The molecule has 2 aliphatic rings. The Labute approximate surface area is 110 Å². The average Bonchev–Trinajstić information content (AvgIpc) is 3.12. The molecule has 3 heteroatoms. The normalized spacial score (nSPS) is 27.8. The van der Waals surface area contributed by atoms with Crippen molar-refractivity contribution in [1.29, 1.82) is 0 Å². The average molecular weight is 245 g/mol. The number of nitrogens with zero attached hydrogens (tertiary/aromatic N) is 2. The summed E-state index contributed by atoms with van der Waals surface area (Å²) in [4.78, 5) is 7.00. The zero-order valence-electron chi connectivity index (χ0n) is 11.4. The van der Waals surface area contributed by atoms with Gasteiger partial charge < -0.3 is 10.2 Å². The molecular weight excluding hydrogens is 222 g/mol. The summed E-state index contributed by atoms with van der Waals surface area (Å²) < 4.78 is 0. The van der Waals surface area contributed by atoms with E-state index in [2.05, 4.69) is 41.2 Å². The van der Waals surface area contributed by atoms with Crippen LogP contribution in [0.2, 0.25) is 0 Å². The number of hydrogen-bond donors (Lipinski definition) is 1. The molecule has 2 fully saturated rings. The van der Waals surface area contributed by atoms with Crippen LogP contribution in [-0.4, -0.2) is 23.6 Å². The molecule has 0 aromatic carbocycles. The van der Waals surface area contributed by atoms with Gasteiger partial charge in [0.15, 0.2) is 0 Å². The third-order valence-electron chi connectivity index (χ3n) is 4.06. The molecule has 1 aliphatic heterocycles. The van der Waals surface area contributed by atoms with Crippen LogP contribution in [0.5, 0.6) is 0 Å². The van der Waals surface area contributed by atoms with Crippen LogP contribution in [0.15, 0.2) is 18.3 Å². The molecule has 2 heterocycles. The molecule has 0 radical (unpaired) electrons. The van der Waals surface area contributed by atoms with E-state index in [1.165, 1.54) is 24.8 Å². The predicted molar refractivity (Wildman–Crippen MR) is 74.7 cm³/mol. The Bertz CT molecular complexity index is 414. The van der Waals surface area contributed by atoms with Crippen molar-refractivity contribution in [2.75, 3.05) is 11.4 Å². The number of nitrogens with one attached hydrogen (secondary N) is 1. The lowest BCUT2D eigenvalue weighted by Crippen LogP contribution is -2.27. The SMILES string of the molecule is CC1CC(C)N(c2cc(CNC3CC3)ccn2)C1. The molecule has 1 aromatic rings. The van der Waals surface area contributed by atoms with E-state index < -0.39 is 0 Å². The standard InChI is InChI=1S/C15H23N3/c1-11-7-12(2)18(10-11)15-8-13(5-6-16-15)9-17-14-3-4-14/h5-6,8,11-12,14,17H,3-4,7,9-10H2,1-2H3. The maximum absolute atomic E-state index is 4.55. The molecule has 1 aromatic heterocycles. The fourth-order valence-corrected chi connectivity index (χ4v) is 2.90. The van der Waals surface area contributed by atoms with Crippen molar-refractivity contribution in [3.8, 4) is 0 Å². The van der Waals surface area contributed by atoms with Crippen LogP contribution in [0, 0.1) is 5.92 Å². The quantitative estimate of drug-likeness (QED) is 0.883. The Morgan fingerprint density at radius 3 is 2.89 bits per heavy atom. The summed E-state index contributed by atoms with van der Waals surface area (Å²) in [7, 11) is 0. The lowest BCUT2D eigenvalue weighted by molar-refractivity contribution is 0.625. The van der Waals surface area contributed by atoms with E-state index in [4.69, 9.17) is 0 Å². The van der Waals surface area contributed by atoms with Crippen LogP contribution >= 0.6 is 0 Å². The third-order valence-corrected chi connectivity index (χ3v) is 4.06. The first-order valence-electron chi connectivity index (χ1n) is 7.17. The summed E-state index contributed by atoms with van der Waals surface area (Å²) in [5, 5.41) is 3.56. The smallest absolute Gasteiger partial charge is 0.129 e. The number of hydrogen-bond acceptors (Lipinski definition) is 3. The van der Waals surface area contributed by atoms with E-state index >= 15 is 0 Å². The first-order chi connectivity index (χ1) is 8.72. The summed E-state index contributed by atoms with van der Waals surface area (Å²) in [6.45, 7) is 6.76. The molecule has 1 aliphatic carbocycles. The second kappa shape index (κ2) is 4.88. The van der Waals surface area contributed by atoms with Crippen molar-refractivity contribution >= 4 is 5.82 Å². The van der Waals surface area contributed by atoms with Crippen molar-refractivity contribution in [1.82, 2.24) is 10.3 Å². The lowest BCUT2D eigenvalue weighted by Gasteiger charge is -2.23. The van der Waals surface area contributed by atoms with E-state index in [1.807, 2.05) is 6.20 Å². The van der Waals surface area contributed by atoms with Crippen LogP contribution in [0.25, 0.3) is 0 Å². The predicted octanol–water partition coefficient (Wildman–Crippen LogP) is 2.57. The molecule has 2 atom stereocenters. The highest BCUT2D eigenvalue weighted by molar-refractivity contribution is 5.43. The second-order valence-electron chi connectivity index (χ2n) is 6.02. The Hall–Kier alpha value is -1.09.